The number of hydrogen-bond donors (Lipinski definition) is 4. The van der Waals surface area contributed by atoms with Crippen LogP contribution in [0.3, 0.4) is 0 Å². The Labute approximate surface area is 218 Å². The van der Waals surface area contributed by atoms with E-state index in [-0.39, 0.29) is 32.9 Å². The molecule has 3 rings (SSSR count). The summed E-state index contributed by atoms with van der Waals surface area (Å²) in [7, 11) is 2.47. The van der Waals surface area contributed by atoms with E-state index in [0.29, 0.717) is 5.75 Å². The predicted octanol–water partition coefficient (Wildman–Crippen LogP) is 1.74. The number of nitrogen functional groups attached to an aromatic ring is 1. The zero-order valence-electron chi connectivity index (χ0n) is 19.3. The predicted molar refractivity (Wildman–Crippen MR) is 127 cm³/mol. The first kappa shape index (κ1) is 28.3. The molecule has 200 valence electrons. The average molecular weight is 562 g/mol. The van der Waals surface area contributed by atoms with E-state index in [1.807, 2.05) is 0 Å². The second-order valence-electron chi connectivity index (χ2n) is 7.73. The van der Waals surface area contributed by atoms with Crippen LogP contribution in [0, 0.1) is 0 Å². The van der Waals surface area contributed by atoms with Crippen LogP contribution >= 0.6 is 23.2 Å². The number of benzene rings is 1. The molecule has 2 aromatic heterocycles. The number of halogens is 3. The van der Waals surface area contributed by atoms with Crippen molar-refractivity contribution in [2.45, 2.75) is 30.5 Å². The summed E-state index contributed by atoms with van der Waals surface area (Å²) < 4.78 is 31.6. The van der Waals surface area contributed by atoms with E-state index in [0.717, 1.165) is 18.0 Å². The van der Waals surface area contributed by atoms with Crippen LogP contribution in [0.2, 0.25) is 10.3 Å². The first-order valence-electron chi connectivity index (χ1n) is 10.4. The van der Waals surface area contributed by atoms with E-state index in [1.165, 1.54) is 25.3 Å². The van der Waals surface area contributed by atoms with Crippen molar-refractivity contribution in [3.05, 3.63) is 40.4 Å². The first-order valence-corrected chi connectivity index (χ1v) is 11.1. The van der Waals surface area contributed by atoms with Crippen molar-refractivity contribution in [1.82, 2.24) is 19.5 Å². The van der Waals surface area contributed by atoms with Gasteiger partial charge in [0.1, 0.15) is 23.5 Å². The Morgan fingerprint density at radius 3 is 2.46 bits per heavy atom. The third-order valence-corrected chi connectivity index (χ3v) is 5.97. The molecule has 0 fully saturated rings. The highest BCUT2D eigenvalue weighted by Gasteiger charge is 2.49. The molecule has 16 heteroatoms. The third kappa shape index (κ3) is 5.67. The van der Waals surface area contributed by atoms with Gasteiger partial charge in [0, 0.05) is 13.5 Å². The number of rotatable bonds is 12. The summed E-state index contributed by atoms with van der Waals surface area (Å²) >= 11 is 11.8. The number of anilines is 1. The van der Waals surface area contributed by atoms with Crippen LogP contribution in [-0.4, -0.2) is 85.4 Å². The molecule has 0 spiro atoms. The number of carboxylic acids is 2. The normalized spacial score (nSPS) is 14.3. The highest BCUT2D eigenvalue weighted by atomic mass is 35.5. The van der Waals surface area contributed by atoms with Gasteiger partial charge in [0.25, 0.3) is 5.60 Å². The molecule has 0 aliphatic rings. The number of carboxylic acid groups (broad SMARTS) is 2. The summed E-state index contributed by atoms with van der Waals surface area (Å²) in [6.45, 7) is -0.828. The molecule has 5 N–H and O–H groups in total. The molecular formula is C21H22Cl2FN5O8. The highest BCUT2D eigenvalue weighted by molar-refractivity contribution is 6.32. The van der Waals surface area contributed by atoms with Gasteiger partial charge in [-0.1, -0.05) is 17.7 Å². The van der Waals surface area contributed by atoms with Crippen molar-refractivity contribution in [3.63, 3.8) is 0 Å². The molecule has 1 aromatic carbocycles. The smallest absolute Gasteiger partial charge is 0.348 e. The molecule has 0 radical (unpaired) electrons. The molecule has 13 nitrogen and oxygen atoms in total. The molecular weight excluding hydrogens is 540 g/mol. The lowest BCUT2D eigenvalue weighted by atomic mass is 9.94. The molecule has 3 aromatic rings. The van der Waals surface area contributed by atoms with Gasteiger partial charge in [-0.3, -0.25) is 4.57 Å². The summed E-state index contributed by atoms with van der Waals surface area (Å²) in [6.07, 6.45) is -5.44. The summed E-state index contributed by atoms with van der Waals surface area (Å²) in [6, 6.07) is 4.17. The molecule has 0 saturated heterocycles. The number of aromatic nitrogens is 4. The SMILES string of the molecule is COc1ccc(CC(OC[C@@H](OC)[C@@H](O)[C@H](F)n2cnc3c(N)nc(Cl)nc32)(C(=O)O)C(=O)O)cc1Cl. The maximum Gasteiger partial charge on any atom is 0.348 e. The van der Waals surface area contributed by atoms with Crippen molar-refractivity contribution < 1.29 is 43.5 Å². The van der Waals surface area contributed by atoms with Crippen LogP contribution < -0.4 is 10.5 Å². The standard InChI is InChI=1S/C21H22Cl2FN5O8/c1-35-11-4-3-9(5-10(11)22)6-21(18(31)32,19(33)34)37-7-12(36-2)14(30)15(24)29-8-26-13-16(25)27-20(23)28-17(13)29/h3-5,8,12,14-15,30H,6-7H2,1-2H3,(H,31,32)(H,33,34)(H2,25,27,28)/t12-,14-,15-/m1/s1. The maximum atomic E-state index is 15.3. The summed E-state index contributed by atoms with van der Waals surface area (Å²) in [5.74, 6) is -3.50. The van der Waals surface area contributed by atoms with Crippen molar-refractivity contribution in [2.24, 2.45) is 0 Å². The summed E-state index contributed by atoms with van der Waals surface area (Å²) in [5.41, 5.74) is 2.99. The Kier molecular flexibility index (Phi) is 8.71. The number of aliphatic hydroxyl groups is 1. The molecule has 0 unspecified atom stereocenters. The number of nitrogens with two attached hydrogens (primary N) is 1. The van der Waals surface area contributed by atoms with E-state index in [2.05, 4.69) is 15.0 Å². The van der Waals surface area contributed by atoms with Crippen molar-refractivity contribution in [2.75, 3.05) is 26.6 Å². The highest BCUT2D eigenvalue weighted by Crippen LogP contribution is 2.30. The lowest BCUT2D eigenvalue weighted by Gasteiger charge is -2.30. The van der Waals surface area contributed by atoms with Crippen LogP contribution in [0.1, 0.15) is 11.9 Å². The third-order valence-electron chi connectivity index (χ3n) is 5.51. The zero-order chi connectivity index (χ0) is 27.5. The Morgan fingerprint density at radius 1 is 1.22 bits per heavy atom. The van der Waals surface area contributed by atoms with Crippen molar-refractivity contribution in [3.8, 4) is 5.75 Å². The Bertz CT molecular complexity index is 1300. The molecule has 0 aliphatic heterocycles. The monoisotopic (exact) mass is 561 g/mol. The van der Waals surface area contributed by atoms with Gasteiger partial charge in [-0.25, -0.2) is 19.0 Å². The van der Waals surface area contributed by atoms with Crippen molar-refractivity contribution in [1.29, 1.82) is 0 Å². The van der Waals surface area contributed by atoms with Gasteiger partial charge in [-0.15, -0.1) is 0 Å². The van der Waals surface area contributed by atoms with Gasteiger partial charge >= 0.3 is 11.9 Å². The van der Waals surface area contributed by atoms with Gasteiger partial charge in [-0.05, 0) is 29.3 Å². The van der Waals surface area contributed by atoms with E-state index in [1.54, 1.807) is 0 Å². The fourth-order valence-corrected chi connectivity index (χ4v) is 3.94. The van der Waals surface area contributed by atoms with Crippen LogP contribution in [0.15, 0.2) is 24.5 Å². The quantitative estimate of drug-likeness (QED) is 0.185. The second kappa shape index (κ2) is 11.4. The van der Waals surface area contributed by atoms with Gasteiger partial charge in [0.05, 0.1) is 25.1 Å². The van der Waals surface area contributed by atoms with Crippen LogP contribution in [0.25, 0.3) is 11.2 Å². The molecule has 0 aliphatic carbocycles. The summed E-state index contributed by atoms with van der Waals surface area (Å²) in [5, 5.41) is 30.1. The van der Waals surface area contributed by atoms with Crippen molar-refractivity contribution >= 4 is 52.1 Å². The Hall–Kier alpha value is -3.30. The Balaban J connectivity index is 1.85. The fourth-order valence-electron chi connectivity index (χ4n) is 3.49. The van der Waals surface area contributed by atoms with Crippen LogP contribution in [-0.2, 0) is 25.5 Å². The number of nitrogens with zero attached hydrogens (tertiary/aromatic N) is 4. The molecule has 3 atom stereocenters. The van der Waals surface area contributed by atoms with Gasteiger partial charge < -0.3 is 35.3 Å². The second-order valence-corrected chi connectivity index (χ2v) is 8.48. The number of aliphatic carboxylic acids is 2. The lowest BCUT2D eigenvalue weighted by Crippen LogP contribution is -2.53. The molecule has 0 bridgehead atoms. The van der Waals surface area contributed by atoms with E-state index < -0.39 is 49.1 Å². The molecule has 2 heterocycles. The number of fused-ring (bicyclic) bond motifs is 1. The van der Waals surface area contributed by atoms with E-state index in [9.17, 15) is 24.9 Å². The van der Waals surface area contributed by atoms with Crippen LogP contribution in [0.4, 0.5) is 10.2 Å². The number of hydrogen-bond acceptors (Lipinski definition) is 10. The number of alkyl halides is 1. The summed E-state index contributed by atoms with van der Waals surface area (Å²) in [4.78, 5) is 35.6. The number of aliphatic hydroxyl groups excluding tert-OH is 1. The molecule has 0 saturated carbocycles. The van der Waals surface area contributed by atoms with E-state index in [4.69, 9.17) is 43.1 Å². The fraction of sp³-hybridized carbons (Fsp3) is 0.381. The topological polar surface area (TPSA) is 192 Å². The van der Waals surface area contributed by atoms with Gasteiger partial charge in [0.2, 0.25) is 11.6 Å². The number of ether oxygens (including phenoxy) is 3. The first-order chi connectivity index (χ1) is 17.4. The van der Waals surface area contributed by atoms with Gasteiger partial charge in [0.15, 0.2) is 11.5 Å². The molecule has 37 heavy (non-hydrogen) atoms. The maximum absolute atomic E-state index is 15.3. The number of carbonyl (C=O) groups is 2. The molecule has 0 amide bonds. The van der Waals surface area contributed by atoms with Gasteiger partial charge in [-0.2, -0.15) is 9.97 Å². The Morgan fingerprint density at radius 2 is 1.89 bits per heavy atom. The number of imidazole rings is 1. The van der Waals surface area contributed by atoms with E-state index >= 15 is 4.39 Å². The minimum absolute atomic E-state index is 0.0263. The average Bonchev–Trinajstić information content (AvgIpc) is 3.26. The number of methoxy groups -OCH3 is 2. The largest absolute Gasteiger partial charge is 0.495 e. The van der Waals surface area contributed by atoms with Crippen LogP contribution in [0.5, 0.6) is 5.75 Å². The minimum Gasteiger partial charge on any atom is -0.495 e. The minimum atomic E-state index is -2.82. The lowest BCUT2D eigenvalue weighted by molar-refractivity contribution is -0.192. The zero-order valence-corrected chi connectivity index (χ0v) is 20.9.